The second-order valence-corrected chi connectivity index (χ2v) is 9.92. The number of nitrogens with zero attached hydrogens (tertiary/aromatic N) is 3. The van der Waals surface area contributed by atoms with E-state index in [0.29, 0.717) is 11.4 Å². The summed E-state index contributed by atoms with van der Waals surface area (Å²) in [5, 5.41) is 7.64. The van der Waals surface area contributed by atoms with Crippen LogP contribution in [-0.2, 0) is 21.5 Å². The molecule has 0 radical (unpaired) electrons. The zero-order valence-electron chi connectivity index (χ0n) is 16.0. The first-order chi connectivity index (χ1) is 13.9. The monoisotopic (exact) mass is 428 g/mol. The third-order valence-corrected chi connectivity index (χ3v) is 7.48. The molecule has 2 heterocycles. The Morgan fingerprint density at radius 2 is 1.76 bits per heavy atom. The van der Waals surface area contributed by atoms with E-state index < -0.39 is 10.0 Å². The van der Waals surface area contributed by atoms with Crippen LogP contribution < -0.4 is 5.32 Å². The first-order valence-electron chi connectivity index (χ1n) is 8.96. The smallest absolute Gasteiger partial charge is 0.256 e. The van der Waals surface area contributed by atoms with Crippen LogP contribution in [0.4, 0.5) is 5.82 Å². The van der Waals surface area contributed by atoms with Gasteiger partial charge in [-0.2, -0.15) is 16.9 Å². The van der Waals surface area contributed by atoms with E-state index in [2.05, 4.69) is 10.4 Å². The molecule has 2 aromatic carbocycles. The minimum atomic E-state index is -3.54. The van der Waals surface area contributed by atoms with Gasteiger partial charge in [0.15, 0.2) is 0 Å². The van der Waals surface area contributed by atoms with Gasteiger partial charge in [0.1, 0.15) is 5.82 Å². The predicted molar refractivity (Wildman–Crippen MR) is 114 cm³/mol. The molecule has 1 aliphatic rings. The summed E-state index contributed by atoms with van der Waals surface area (Å²) in [5.74, 6) is 1.95. The summed E-state index contributed by atoms with van der Waals surface area (Å²) in [6, 6.07) is 15.6. The minimum Gasteiger partial charge on any atom is -0.306 e. The molecule has 1 N–H and O–H groups in total. The summed E-state index contributed by atoms with van der Waals surface area (Å²) in [6.07, 6.45) is 0. The van der Waals surface area contributed by atoms with Crippen molar-refractivity contribution in [1.82, 2.24) is 14.1 Å². The van der Waals surface area contributed by atoms with Crippen LogP contribution in [0.15, 0.2) is 59.5 Å². The average Bonchev–Trinajstić information content (AvgIpc) is 3.31. The number of aromatic nitrogens is 2. The summed E-state index contributed by atoms with van der Waals surface area (Å²) in [6.45, 7) is 0. The molecule has 7 nitrogen and oxygen atoms in total. The van der Waals surface area contributed by atoms with Gasteiger partial charge in [-0.15, -0.1) is 0 Å². The lowest BCUT2D eigenvalue weighted by atomic mass is 10.2. The van der Waals surface area contributed by atoms with Gasteiger partial charge in [0.2, 0.25) is 10.0 Å². The lowest BCUT2D eigenvalue weighted by Gasteiger charge is -2.13. The van der Waals surface area contributed by atoms with Crippen molar-refractivity contribution in [3.8, 4) is 5.69 Å². The Kier molecular flexibility index (Phi) is 5.20. The van der Waals surface area contributed by atoms with Crippen molar-refractivity contribution in [2.75, 3.05) is 19.4 Å². The maximum absolute atomic E-state index is 12.9. The number of anilines is 1. The molecular formula is C20H20N4O3S2. The number of nitrogens with one attached hydrogen (secondary N) is 1. The Bertz CT molecular complexity index is 1150. The standard InChI is InChI=1S/C20H20N4O3S2/c1-23(2)29(26,27)16-10-8-14(9-11-16)20(25)21-19-17-12-28-13-18(17)22-24(19)15-6-4-3-5-7-15/h3-11H,12-13H2,1-2H3,(H,21,25). The Labute approximate surface area is 173 Å². The van der Waals surface area contributed by atoms with Crippen LogP contribution in [0, 0.1) is 0 Å². The quantitative estimate of drug-likeness (QED) is 0.675. The van der Waals surface area contributed by atoms with Gasteiger partial charge in [0.25, 0.3) is 5.91 Å². The largest absolute Gasteiger partial charge is 0.306 e. The van der Waals surface area contributed by atoms with Crippen molar-refractivity contribution < 1.29 is 13.2 Å². The van der Waals surface area contributed by atoms with Gasteiger partial charge in [0.05, 0.1) is 16.3 Å². The summed E-state index contributed by atoms with van der Waals surface area (Å²) >= 11 is 1.76. The van der Waals surface area contributed by atoms with E-state index in [1.807, 2.05) is 30.3 Å². The van der Waals surface area contributed by atoms with Crippen LogP contribution in [0.2, 0.25) is 0 Å². The van der Waals surface area contributed by atoms with Gasteiger partial charge < -0.3 is 5.32 Å². The fraction of sp³-hybridized carbons (Fsp3) is 0.200. The Morgan fingerprint density at radius 1 is 1.07 bits per heavy atom. The van der Waals surface area contributed by atoms with E-state index >= 15 is 0 Å². The second-order valence-electron chi connectivity index (χ2n) is 6.78. The maximum atomic E-state index is 12.9. The lowest BCUT2D eigenvalue weighted by Crippen LogP contribution is -2.22. The topological polar surface area (TPSA) is 84.3 Å². The van der Waals surface area contributed by atoms with Crippen molar-refractivity contribution in [2.45, 2.75) is 16.4 Å². The fourth-order valence-electron chi connectivity index (χ4n) is 3.07. The Hall–Kier alpha value is -2.62. The van der Waals surface area contributed by atoms with Crippen molar-refractivity contribution >= 4 is 33.5 Å². The molecule has 0 spiro atoms. The number of fused-ring (bicyclic) bond motifs is 1. The maximum Gasteiger partial charge on any atom is 0.256 e. The molecule has 0 bridgehead atoms. The van der Waals surface area contributed by atoms with E-state index in [0.717, 1.165) is 32.8 Å². The minimum absolute atomic E-state index is 0.144. The van der Waals surface area contributed by atoms with Gasteiger partial charge in [-0.25, -0.2) is 17.4 Å². The molecule has 0 aliphatic carbocycles. The molecule has 0 unspecified atom stereocenters. The number of carbonyl (C=O) groups is 1. The zero-order valence-corrected chi connectivity index (χ0v) is 17.6. The van der Waals surface area contributed by atoms with Crippen LogP contribution in [0.3, 0.4) is 0 Å². The number of amides is 1. The van der Waals surface area contributed by atoms with E-state index in [1.165, 1.54) is 38.4 Å². The highest BCUT2D eigenvalue weighted by molar-refractivity contribution is 7.98. The predicted octanol–water partition coefficient (Wildman–Crippen LogP) is 3.12. The number of hydrogen-bond acceptors (Lipinski definition) is 5. The summed E-state index contributed by atoms with van der Waals surface area (Å²) in [5.41, 5.74) is 3.25. The van der Waals surface area contributed by atoms with E-state index in [4.69, 9.17) is 0 Å². The highest BCUT2D eigenvalue weighted by Gasteiger charge is 2.25. The third kappa shape index (κ3) is 3.68. The molecule has 29 heavy (non-hydrogen) atoms. The van der Waals surface area contributed by atoms with Gasteiger partial charge in [-0.1, -0.05) is 18.2 Å². The van der Waals surface area contributed by atoms with Crippen LogP contribution in [0.1, 0.15) is 21.6 Å². The van der Waals surface area contributed by atoms with Crippen molar-refractivity contribution in [3.05, 3.63) is 71.4 Å². The van der Waals surface area contributed by atoms with Crippen LogP contribution >= 0.6 is 11.8 Å². The Morgan fingerprint density at radius 3 is 2.41 bits per heavy atom. The van der Waals surface area contributed by atoms with Crippen molar-refractivity contribution in [3.63, 3.8) is 0 Å². The molecule has 4 rings (SSSR count). The van der Waals surface area contributed by atoms with E-state index in [-0.39, 0.29) is 10.8 Å². The summed E-state index contributed by atoms with van der Waals surface area (Å²) < 4.78 is 27.3. The van der Waals surface area contributed by atoms with Crippen LogP contribution in [-0.4, -0.2) is 42.5 Å². The average molecular weight is 429 g/mol. The summed E-state index contributed by atoms with van der Waals surface area (Å²) in [4.78, 5) is 13.0. The first-order valence-corrected chi connectivity index (χ1v) is 11.6. The molecule has 1 aromatic heterocycles. The number of thioether (sulfide) groups is 1. The van der Waals surface area contributed by atoms with Gasteiger partial charge in [-0.05, 0) is 36.4 Å². The first kappa shape index (κ1) is 19.7. The molecular weight excluding hydrogens is 408 g/mol. The second kappa shape index (κ2) is 7.66. The molecule has 0 fully saturated rings. The van der Waals surface area contributed by atoms with Gasteiger partial charge >= 0.3 is 0 Å². The van der Waals surface area contributed by atoms with Gasteiger partial charge in [0, 0.05) is 36.7 Å². The number of carbonyl (C=O) groups excluding carboxylic acids is 1. The zero-order chi connectivity index (χ0) is 20.6. The number of sulfonamides is 1. The number of rotatable bonds is 5. The van der Waals surface area contributed by atoms with E-state index in [1.54, 1.807) is 16.4 Å². The summed E-state index contributed by atoms with van der Waals surface area (Å²) in [7, 11) is -0.592. The molecule has 3 aromatic rings. The highest BCUT2D eigenvalue weighted by atomic mass is 32.2. The normalized spacial score (nSPS) is 13.5. The molecule has 9 heteroatoms. The highest BCUT2D eigenvalue weighted by Crippen LogP contribution is 2.36. The van der Waals surface area contributed by atoms with Crippen molar-refractivity contribution in [2.24, 2.45) is 0 Å². The SMILES string of the molecule is CN(C)S(=O)(=O)c1ccc(C(=O)Nc2c3c(nn2-c2ccccc2)CSC3)cc1. The molecule has 150 valence electrons. The number of para-hydroxylation sites is 1. The Balaban J connectivity index is 1.64. The molecule has 0 saturated carbocycles. The lowest BCUT2D eigenvalue weighted by molar-refractivity contribution is 0.102. The molecule has 1 amide bonds. The van der Waals surface area contributed by atoms with Crippen LogP contribution in [0.25, 0.3) is 5.69 Å². The van der Waals surface area contributed by atoms with Crippen LogP contribution in [0.5, 0.6) is 0 Å². The van der Waals surface area contributed by atoms with E-state index in [9.17, 15) is 13.2 Å². The number of benzene rings is 2. The van der Waals surface area contributed by atoms with Crippen molar-refractivity contribution in [1.29, 1.82) is 0 Å². The fourth-order valence-corrected chi connectivity index (χ4v) is 5.00. The molecule has 1 aliphatic heterocycles. The van der Waals surface area contributed by atoms with Gasteiger partial charge in [-0.3, -0.25) is 4.79 Å². The number of hydrogen-bond donors (Lipinski definition) is 1. The third-order valence-electron chi connectivity index (χ3n) is 4.68. The molecule has 0 atom stereocenters. The molecule has 0 saturated heterocycles.